The molecular weight excluding hydrogens is 224 g/mol. The lowest BCUT2D eigenvalue weighted by molar-refractivity contribution is 0.583. The van der Waals surface area contributed by atoms with Crippen molar-refractivity contribution in [2.24, 2.45) is 0 Å². The van der Waals surface area contributed by atoms with Gasteiger partial charge in [-0.2, -0.15) is 0 Å². The van der Waals surface area contributed by atoms with Crippen LogP contribution in [0.25, 0.3) is 0 Å². The van der Waals surface area contributed by atoms with E-state index in [9.17, 15) is 4.79 Å². The van der Waals surface area contributed by atoms with Crippen molar-refractivity contribution in [3.8, 4) is 0 Å². The molecule has 2 rings (SSSR count). The first-order valence-electron chi connectivity index (χ1n) is 5.73. The van der Waals surface area contributed by atoms with E-state index in [-0.39, 0.29) is 5.69 Å². The van der Waals surface area contributed by atoms with Gasteiger partial charge in [0.1, 0.15) is 0 Å². The van der Waals surface area contributed by atoms with Crippen molar-refractivity contribution in [2.75, 3.05) is 7.05 Å². The highest BCUT2D eigenvalue weighted by molar-refractivity contribution is 7.99. The minimum Gasteiger partial charge on any atom is -0.317 e. The Balaban J connectivity index is 2.02. The van der Waals surface area contributed by atoms with Gasteiger partial charge in [-0.25, -0.2) is 9.89 Å². The van der Waals surface area contributed by atoms with Gasteiger partial charge in [0, 0.05) is 17.8 Å². The minimum absolute atomic E-state index is 0.104. The Bertz CT molecular complexity index is 400. The average molecular weight is 242 g/mol. The lowest BCUT2D eigenvalue weighted by atomic mass is 10.3. The number of H-pyrrole nitrogens is 1. The Labute approximate surface area is 99.0 Å². The fourth-order valence-electron chi connectivity index (χ4n) is 2.13. The SMILES string of the molecule is CCn1c(SC2CCC(NC)C2)n[nH]c1=O. The molecule has 0 amide bonds. The first-order valence-corrected chi connectivity index (χ1v) is 6.61. The predicted molar refractivity (Wildman–Crippen MR) is 64.9 cm³/mol. The number of nitrogens with one attached hydrogen (secondary N) is 2. The summed E-state index contributed by atoms with van der Waals surface area (Å²) in [7, 11) is 2.01. The summed E-state index contributed by atoms with van der Waals surface area (Å²) in [6, 6.07) is 0.623. The second-order valence-corrected chi connectivity index (χ2v) is 5.36. The van der Waals surface area contributed by atoms with Crippen LogP contribution < -0.4 is 11.0 Å². The van der Waals surface area contributed by atoms with E-state index in [1.54, 1.807) is 16.3 Å². The van der Waals surface area contributed by atoms with E-state index < -0.39 is 0 Å². The van der Waals surface area contributed by atoms with Crippen molar-refractivity contribution in [3.63, 3.8) is 0 Å². The summed E-state index contributed by atoms with van der Waals surface area (Å²) in [5.41, 5.74) is -0.104. The largest absolute Gasteiger partial charge is 0.343 e. The smallest absolute Gasteiger partial charge is 0.317 e. The molecule has 2 N–H and O–H groups in total. The number of hydrogen-bond donors (Lipinski definition) is 2. The molecule has 1 aromatic rings. The molecule has 90 valence electrons. The molecule has 1 aliphatic rings. The van der Waals surface area contributed by atoms with Gasteiger partial charge in [-0.3, -0.25) is 4.57 Å². The predicted octanol–water partition coefficient (Wildman–Crippen LogP) is 0.824. The summed E-state index contributed by atoms with van der Waals surface area (Å²) >= 11 is 1.72. The van der Waals surface area contributed by atoms with Gasteiger partial charge in [0.15, 0.2) is 5.16 Å². The van der Waals surface area contributed by atoms with E-state index in [1.807, 2.05) is 14.0 Å². The van der Waals surface area contributed by atoms with E-state index in [1.165, 1.54) is 12.8 Å². The third-order valence-corrected chi connectivity index (χ3v) is 4.39. The molecule has 1 fully saturated rings. The number of nitrogens with zero attached hydrogens (tertiary/aromatic N) is 2. The molecule has 0 spiro atoms. The van der Waals surface area contributed by atoms with Crippen LogP contribution in [0.2, 0.25) is 0 Å². The quantitative estimate of drug-likeness (QED) is 0.820. The van der Waals surface area contributed by atoms with E-state index >= 15 is 0 Å². The van der Waals surface area contributed by atoms with Gasteiger partial charge in [-0.05, 0) is 33.2 Å². The zero-order valence-electron chi connectivity index (χ0n) is 9.69. The molecule has 5 nitrogen and oxygen atoms in total. The van der Waals surface area contributed by atoms with Crippen molar-refractivity contribution >= 4 is 11.8 Å². The first-order chi connectivity index (χ1) is 7.74. The van der Waals surface area contributed by atoms with Crippen LogP contribution in [0.5, 0.6) is 0 Å². The van der Waals surface area contributed by atoms with E-state index in [4.69, 9.17) is 0 Å². The maximum atomic E-state index is 11.4. The number of aromatic amines is 1. The number of aromatic nitrogens is 3. The van der Waals surface area contributed by atoms with Gasteiger partial charge in [0.2, 0.25) is 0 Å². The molecule has 1 aliphatic carbocycles. The van der Waals surface area contributed by atoms with Crippen LogP contribution in [-0.4, -0.2) is 33.1 Å². The third kappa shape index (κ3) is 2.32. The minimum atomic E-state index is -0.104. The summed E-state index contributed by atoms with van der Waals surface area (Å²) in [4.78, 5) is 11.4. The van der Waals surface area contributed by atoms with Crippen molar-refractivity contribution in [3.05, 3.63) is 10.5 Å². The van der Waals surface area contributed by atoms with Crippen molar-refractivity contribution in [2.45, 2.75) is 49.2 Å². The number of hydrogen-bond acceptors (Lipinski definition) is 4. The zero-order valence-corrected chi connectivity index (χ0v) is 10.5. The second kappa shape index (κ2) is 5.05. The van der Waals surface area contributed by atoms with Gasteiger partial charge in [0.05, 0.1) is 0 Å². The summed E-state index contributed by atoms with van der Waals surface area (Å²) in [6.45, 7) is 2.64. The molecule has 0 bridgehead atoms. The van der Waals surface area contributed by atoms with Crippen LogP contribution in [0.15, 0.2) is 9.95 Å². The van der Waals surface area contributed by atoms with Crippen molar-refractivity contribution < 1.29 is 0 Å². The molecule has 0 aromatic carbocycles. The van der Waals surface area contributed by atoms with E-state index in [0.717, 1.165) is 11.6 Å². The highest BCUT2D eigenvalue weighted by Crippen LogP contribution is 2.33. The molecule has 1 heterocycles. The van der Waals surface area contributed by atoms with Crippen LogP contribution in [0.1, 0.15) is 26.2 Å². The maximum Gasteiger partial charge on any atom is 0.343 e. The molecule has 2 unspecified atom stereocenters. The van der Waals surface area contributed by atoms with Gasteiger partial charge < -0.3 is 5.32 Å². The normalized spacial score (nSPS) is 25.1. The summed E-state index contributed by atoms with van der Waals surface area (Å²) in [6.07, 6.45) is 3.57. The van der Waals surface area contributed by atoms with Crippen molar-refractivity contribution in [1.82, 2.24) is 20.1 Å². The molecular formula is C10H18N4OS. The molecule has 2 atom stereocenters. The highest BCUT2D eigenvalue weighted by Gasteiger charge is 2.25. The summed E-state index contributed by atoms with van der Waals surface area (Å²) in [5, 5.41) is 11.3. The average Bonchev–Trinajstić information content (AvgIpc) is 2.86. The molecule has 0 aliphatic heterocycles. The Morgan fingerprint density at radius 2 is 2.44 bits per heavy atom. The monoisotopic (exact) mass is 242 g/mol. The Morgan fingerprint density at radius 3 is 3.06 bits per heavy atom. The van der Waals surface area contributed by atoms with E-state index in [0.29, 0.717) is 17.8 Å². The topological polar surface area (TPSA) is 62.7 Å². The summed E-state index contributed by atoms with van der Waals surface area (Å²) in [5.74, 6) is 0. The molecule has 0 saturated heterocycles. The second-order valence-electron chi connectivity index (χ2n) is 4.09. The van der Waals surface area contributed by atoms with Gasteiger partial charge in [0.25, 0.3) is 0 Å². The fourth-order valence-corrected chi connectivity index (χ4v) is 3.45. The zero-order chi connectivity index (χ0) is 11.5. The third-order valence-electron chi connectivity index (χ3n) is 3.10. The van der Waals surface area contributed by atoms with Crippen molar-refractivity contribution in [1.29, 1.82) is 0 Å². The van der Waals surface area contributed by atoms with Crippen LogP contribution in [0, 0.1) is 0 Å². The first kappa shape index (κ1) is 11.7. The highest BCUT2D eigenvalue weighted by atomic mass is 32.2. The Morgan fingerprint density at radius 1 is 1.62 bits per heavy atom. The molecule has 1 saturated carbocycles. The Hall–Kier alpha value is -0.750. The summed E-state index contributed by atoms with van der Waals surface area (Å²) < 4.78 is 1.69. The molecule has 0 radical (unpaired) electrons. The number of rotatable bonds is 4. The Kier molecular flexibility index (Phi) is 3.70. The molecule has 6 heteroatoms. The number of thioether (sulfide) groups is 1. The molecule has 16 heavy (non-hydrogen) atoms. The van der Waals surface area contributed by atoms with Crippen LogP contribution >= 0.6 is 11.8 Å². The van der Waals surface area contributed by atoms with Crippen LogP contribution in [0.3, 0.4) is 0 Å². The van der Waals surface area contributed by atoms with Gasteiger partial charge in [-0.1, -0.05) is 11.8 Å². The fraction of sp³-hybridized carbons (Fsp3) is 0.800. The van der Waals surface area contributed by atoms with Crippen LogP contribution in [0.4, 0.5) is 0 Å². The maximum absolute atomic E-state index is 11.4. The van der Waals surface area contributed by atoms with Gasteiger partial charge in [-0.15, -0.1) is 5.10 Å². The standard InChI is InChI=1S/C10H18N4OS/c1-3-14-9(15)12-13-10(14)16-8-5-4-7(6-8)11-2/h7-8,11H,3-6H2,1-2H3,(H,12,15). The lowest BCUT2D eigenvalue weighted by Gasteiger charge is -2.09. The van der Waals surface area contributed by atoms with E-state index in [2.05, 4.69) is 15.5 Å². The lowest BCUT2D eigenvalue weighted by Crippen LogP contribution is -2.21. The van der Waals surface area contributed by atoms with Gasteiger partial charge >= 0.3 is 5.69 Å². The molecule has 1 aromatic heterocycles. The van der Waals surface area contributed by atoms with Crippen LogP contribution in [-0.2, 0) is 6.54 Å².